The molecule has 0 amide bonds. The summed E-state index contributed by atoms with van der Waals surface area (Å²) in [4.78, 5) is 3.96. The molecule has 0 saturated heterocycles. The van der Waals surface area contributed by atoms with Gasteiger partial charge in [0, 0.05) is 12.4 Å². The van der Waals surface area contributed by atoms with E-state index in [4.69, 9.17) is 10.5 Å². The maximum Gasteiger partial charge on any atom is 0.237 e. The van der Waals surface area contributed by atoms with Gasteiger partial charge < -0.3 is 0 Å². The lowest BCUT2D eigenvalue weighted by atomic mass is 10.1. The predicted octanol–water partition coefficient (Wildman–Crippen LogP) is 2.56. The number of rotatable bonds is 3. The monoisotopic (exact) mass is 247 g/mol. The Kier molecular flexibility index (Phi) is 3.84. The van der Waals surface area contributed by atoms with Gasteiger partial charge >= 0.3 is 0 Å². The van der Waals surface area contributed by atoms with Gasteiger partial charge in [-0.1, -0.05) is 12.1 Å². The summed E-state index contributed by atoms with van der Waals surface area (Å²) in [5.41, 5.74) is 5.28. The standard InChI is InChI=1S/C14H9N5/c15-9-14(10-16)19-18-13-3-1-11(2-4-13)12-5-7-17-8-6-12/h1-8,18H. The Balaban J connectivity index is 2.15. The first kappa shape index (κ1) is 12.3. The number of anilines is 1. The second-order valence-electron chi connectivity index (χ2n) is 3.61. The maximum atomic E-state index is 8.55. The van der Waals surface area contributed by atoms with E-state index in [0.29, 0.717) is 5.69 Å². The SMILES string of the molecule is N#CC(C#N)=NNc1ccc(-c2ccncc2)cc1. The summed E-state index contributed by atoms with van der Waals surface area (Å²) in [6, 6.07) is 14.7. The van der Waals surface area contributed by atoms with E-state index in [1.807, 2.05) is 36.4 Å². The normalized spacial score (nSPS) is 8.95. The molecule has 0 saturated carbocycles. The van der Waals surface area contributed by atoms with Crippen LogP contribution >= 0.6 is 0 Å². The third-order valence-corrected chi connectivity index (χ3v) is 2.41. The van der Waals surface area contributed by atoms with Gasteiger partial charge in [-0.15, -0.1) is 0 Å². The fraction of sp³-hybridized carbons (Fsp3) is 0. The van der Waals surface area contributed by atoms with Crippen molar-refractivity contribution in [2.45, 2.75) is 0 Å². The molecule has 0 spiro atoms. The number of benzene rings is 1. The molecular weight excluding hydrogens is 238 g/mol. The molecule has 2 aromatic rings. The number of hydrazone groups is 1. The van der Waals surface area contributed by atoms with Crippen molar-refractivity contribution in [1.29, 1.82) is 10.5 Å². The number of nitriles is 2. The van der Waals surface area contributed by atoms with Gasteiger partial charge in [0.15, 0.2) is 0 Å². The van der Waals surface area contributed by atoms with Crippen LogP contribution in [0.4, 0.5) is 5.69 Å². The van der Waals surface area contributed by atoms with Gasteiger partial charge in [-0.2, -0.15) is 15.6 Å². The van der Waals surface area contributed by atoms with E-state index < -0.39 is 0 Å². The second-order valence-corrected chi connectivity index (χ2v) is 3.61. The highest BCUT2D eigenvalue weighted by atomic mass is 15.3. The molecule has 5 nitrogen and oxygen atoms in total. The Hall–Kier alpha value is -3.18. The number of hydrogen-bond donors (Lipinski definition) is 1. The minimum atomic E-state index is -0.210. The maximum absolute atomic E-state index is 8.55. The molecule has 0 aliphatic carbocycles. The van der Waals surface area contributed by atoms with Crippen LogP contribution in [-0.2, 0) is 0 Å². The lowest BCUT2D eigenvalue weighted by Gasteiger charge is -2.03. The van der Waals surface area contributed by atoms with Gasteiger partial charge in [0.25, 0.3) is 0 Å². The lowest BCUT2D eigenvalue weighted by Crippen LogP contribution is -1.96. The van der Waals surface area contributed by atoms with Crippen molar-refractivity contribution >= 4 is 11.4 Å². The molecule has 1 heterocycles. The molecule has 0 fully saturated rings. The van der Waals surface area contributed by atoms with Crippen LogP contribution in [0.3, 0.4) is 0 Å². The van der Waals surface area contributed by atoms with Gasteiger partial charge in [-0.05, 0) is 35.4 Å². The molecule has 0 unspecified atom stereocenters. The number of nitrogens with zero attached hydrogens (tertiary/aromatic N) is 4. The summed E-state index contributed by atoms with van der Waals surface area (Å²) in [6.45, 7) is 0. The van der Waals surface area contributed by atoms with Crippen molar-refractivity contribution in [3.8, 4) is 23.3 Å². The quantitative estimate of drug-likeness (QED) is 0.667. The summed E-state index contributed by atoms with van der Waals surface area (Å²) in [5, 5.41) is 20.8. The largest absolute Gasteiger partial charge is 0.277 e. The highest BCUT2D eigenvalue weighted by molar-refractivity contribution is 6.10. The van der Waals surface area contributed by atoms with Crippen molar-refractivity contribution in [3.05, 3.63) is 48.8 Å². The highest BCUT2D eigenvalue weighted by Crippen LogP contribution is 2.20. The van der Waals surface area contributed by atoms with Crippen molar-refractivity contribution in [2.75, 3.05) is 5.43 Å². The van der Waals surface area contributed by atoms with Gasteiger partial charge in [-0.3, -0.25) is 10.4 Å². The zero-order chi connectivity index (χ0) is 13.5. The second kappa shape index (κ2) is 5.95. The van der Waals surface area contributed by atoms with Crippen LogP contribution in [0, 0.1) is 22.7 Å². The zero-order valence-electron chi connectivity index (χ0n) is 9.91. The molecule has 0 atom stereocenters. The summed E-state index contributed by atoms with van der Waals surface area (Å²) >= 11 is 0. The summed E-state index contributed by atoms with van der Waals surface area (Å²) in [6.07, 6.45) is 3.47. The number of hydrogen-bond acceptors (Lipinski definition) is 5. The average Bonchev–Trinajstić information content (AvgIpc) is 2.50. The molecule has 0 aliphatic heterocycles. The third kappa shape index (κ3) is 3.15. The molecule has 0 aliphatic rings. The van der Waals surface area contributed by atoms with Crippen molar-refractivity contribution in [3.63, 3.8) is 0 Å². The molecule has 0 bridgehead atoms. The first-order valence-corrected chi connectivity index (χ1v) is 5.48. The molecule has 19 heavy (non-hydrogen) atoms. The molecule has 5 heteroatoms. The number of aromatic nitrogens is 1. The average molecular weight is 247 g/mol. The first-order chi connectivity index (χ1) is 9.33. The summed E-state index contributed by atoms with van der Waals surface area (Å²) in [7, 11) is 0. The first-order valence-electron chi connectivity index (χ1n) is 5.48. The Bertz CT molecular complexity index is 644. The Labute approximate surface area is 110 Å². The molecule has 1 N–H and O–H groups in total. The minimum absolute atomic E-state index is 0.210. The van der Waals surface area contributed by atoms with E-state index in [-0.39, 0.29) is 5.71 Å². The minimum Gasteiger partial charge on any atom is -0.277 e. The lowest BCUT2D eigenvalue weighted by molar-refractivity contribution is 1.32. The van der Waals surface area contributed by atoms with Crippen LogP contribution in [-0.4, -0.2) is 10.7 Å². The van der Waals surface area contributed by atoms with Crippen molar-refractivity contribution < 1.29 is 0 Å². The summed E-state index contributed by atoms with van der Waals surface area (Å²) in [5.74, 6) is 0. The Morgan fingerprint density at radius 2 is 1.53 bits per heavy atom. The highest BCUT2D eigenvalue weighted by Gasteiger charge is 1.98. The van der Waals surface area contributed by atoms with E-state index in [1.165, 1.54) is 0 Å². The van der Waals surface area contributed by atoms with E-state index in [1.54, 1.807) is 24.5 Å². The van der Waals surface area contributed by atoms with Crippen LogP contribution < -0.4 is 5.43 Å². The van der Waals surface area contributed by atoms with Crippen LogP contribution in [0.5, 0.6) is 0 Å². The predicted molar refractivity (Wildman–Crippen MR) is 72.0 cm³/mol. The van der Waals surface area contributed by atoms with E-state index in [9.17, 15) is 0 Å². The van der Waals surface area contributed by atoms with E-state index >= 15 is 0 Å². The molecule has 1 aromatic heterocycles. The van der Waals surface area contributed by atoms with Gasteiger partial charge in [0.2, 0.25) is 5.71 Å². The van der Waals surface area contributed by atoms with Crippen molar-refractivity contribution in [2.24, 2.45) is 5.10 Å². The molecule has 90 valence electrons. The molecule has 2 rings (SSSR count). The van der Waals surface area contributed by atoms with Gasteiger partial charge in [-0.25, -0.2) is 0 Å². The Morgan fingerprint density at radius 3 is 2.11 bits per heavy atom. The topological polar surface area (TPSA) is 84.9 Å². The molecule has 1 aromatic carbocycles. The fourth-order valence-corrected chi connectivity index (χ4v) is 1.48. The third-order valence-electron chi connectivity index (χ3n) is 2.41. The van der Waals surface area contributed by atoms with Crippen LogP contribution in [0.15, 0.2) is 53.9 Å². The summed E-state index contributed by atoms with van der Waals surface area (Å²) < 4.78 is 0. The van der Waals surface area contributed by atoms with Gasteiger partial charge in [0.05, 0.1) is 5.69 Å². The zero-order valence-corrected chi connectivity index (χ0v) is 9.91. The Morgan fingerprint density at radius 1 is 0.947 bits per heavy atom. The number of nitrogens with one attached hydrogen (secondary N) is 1. The van der Waals surface area contributed by atoms with E-state index in [0.717, 1.165) is 11.1 Å². The van der Waals surface area contributed by atoms with Crippen molar-refractivity contribution in [1.82, 2.24) is 4.98 Å². The van der Waals surface area contributed by atoms with Crippen LogP contribution in [0.2, 0.25) is 0 Å². The van der Waals surface area contributed by atoms with E-state index in [2.05, 4.69) is 15.5 Å². The smallest absolute Gasteiger partial charge is 0.237 e. The molecule has 0 radical (unpaired) electrons. The van der Waals surface area contributed by atoms with Crippen LogP contribution in [0.1, 0.15) is 0 Å². The fourth-order valence-electron chi connectivity index (χ4n) is 1.48. The number of pyridine rings is 1. The van der Waals surface area contributed by atoms with Gasteiger partial charge in [0.1, 0.15) is 12.1 Å². The molecular formula is C14H9N5. The van der Waals surface area contributed by atoms with Crippen LogP contribution in [0.25, 0.3) is 11.1 Å².